The highest BCUT2D eigenvalue weighted by atomic mass is 19.1. The van der Waals surface area contributed by atoms with E-state index in [9.17, 15) is 4.39 Å². The summed E-state index contributed by atoms with van der Waals surface area (Å²) < 4.78 is 14.5. The summed E-state index contributed by atoms with van der Waals surface area (Å²) in [7, 11) is 2.10. The second-order valence-corrected chi connectivity index (χ2v) is 5.50. The number of piperidine rings is 1. The van der Waals surface area contributed by atoms with Gasteiger partial charge in [0, 0.05) is 6.04 Å². The van der Waals surface area contributed by atoms with Crippen molar-refractivity contribution >= 4 is 0 Å². The summed E-state index contributed by atoms with van der Waals surface area (Å²) in [5.41, 5.74) is 7.66. The third-order valence-corrected chi connectivity index (χ3v) is 3.93. The highest BCUT2D eigenvalue weighted by molar-refractivity contribution is 5.27. The maximum Gasteiger partial charge on any atom is 0.128 e. The molecule has 1 heterocycles. The van der Waals surface area contributed by atoms with Crippen LogP contribution in [0, 0.1) is 5.92 Å². The van der Waals surface area contributed by atoms with Crippen LogP contribution in [0.3, 0.4) is 0 Å². The van der Waals surface area contributed by atoms with Crippen LogP contribution in [0.25, 0.3) is 0 Å². The molecular formula is C15H23FN2. The summed E-state index contributed by atoms with van der Waals surface area (Å²) in [5, 5.41) is 0. The fourth-order valence-electron chi connectivity index (χ4n) is 2.61. The molecule has 0 aliphatic carbocycles. The summed E-state index contributed by atoms with van der Waals surface area (Å²) in [4.78, 5) is 2.27. The fourth-order valence-corrected chi connectivity index (χ4v) is 2.61. The van der Waals surface area contributed by atoms with E-state index in [-0.39, 0.29) is 12.0 Å². The Morgan fingerprint density at radius 1 is 1.28 bits per heavy atom. The molecule has 0 saturated carbocycles. The first-order valence-corrected chi connectivity index (χ1v) is 6.76. The first-order chi connectivity index (χ1) is 8.58. The molecule has 0 aromatic heterocycles. The standard InChI is InChI=1S/C15H23FN2/c1-11(17)13-4-3-5-14(10-13)15(16)12-6-8-18(2)9-7-12/h3-5,10-12,15H,6-9,17H2,1-2H3. The molecule has 2 atom stereocenters. The maximum absolute atomic E-state index is 14.5. The summed E-state index contributed by atoms with van der Waals surface area (Å²) in [6, 6.07) is 7.66. The third kappa shape index (κ3) is 3.09. The minimum absolute atomic E-state index is 0.0327. The predicted molar refractivity (Wildman–Crippen MR) is 73.1 cm³/mol. The first-order valence-electron chi connectivity index (χ1n) is 6.76. The van der Waals surface area contributed by atoms with E-state index in [0.717, 1.165) is 37.1 Å². The van der Waals surface area contributed by atoms with Crippen LogP contribution in [0.4, 0.5) is 4.39 Å². The molecule has 0 amide bonds. The number of halogens is 1. The normalized spacial score (nSPS) is 21.8. The van der Waals surface area contributed by atoms with Crippen LogP contribution in [0.1, 0.15) is 43.1 Å². The minimum atomic E-state index is -0.850. The molecule has 1 fully saturated rings. The lowest BCUT2D eigenvalue weighted by Gasteiger charge is -2.31. The SMILES string of the molecule is CC(N)c1cccc(C(F)C2CCN(C)CC2)c1. The van der Waals surface area contributed by atoms with E-state index in [1.807, 2.05) is 31.2 Å². The lowest BCUT2D eigenvalue weighted by atomic mass is 9.88. The smallest absolute Gasteiger partial charge is 0.128 e. The number of nitrogens with zero attached hydrogens (tertiary/aromatic N) is 1. The number of nitrogens with two attached hydrogens (primary N) is 1. The number of likely N-dealkylation sites (tertiary alicyclic amines) is 1. The Bertz CT molecular complexity index is 384. The Labute approximate surface area is 109 Å². The molecule has 2 nitrogen and oxygen atoms in total. The quantitative estimate of drug-likeness (QED) is 0.893. The van der Waals surface area contributed by atoms with Gasteiger partial charge in [-0.3, -0.25) is 0 Å². The molecule has 2 N–H and O–H groups in total. The molecule has 0 radical (unpaired) electrons. The van der Waals surface area contributed by atoms with Crippen LogP contribution in [0.15, 0.2) is 24.3 Å². The van der Waals surface area contributed by atoms with Crippen molar-refractivity contribution in [1.29, 1.82) is 0 Å². The molecule has 1 aliphatic rings. The molecule has 1 saturated heterocycles. The van der Waals surface area contributed by atoms with Crippen molar-refractivity contribution in [2.24, 2.45) is 11.7 Å². The van der Waals surface area contributed by atoms with Crippen LogP contribution in [0.5, 0.6) is 0 Å². The first kappa shape index (κ1) is 13.5. The summed E-state index contributed by atoms with van der Waals surface area (Å²) in [6.45, 7) is 3.93. The zero-order valence-corrected chi connectivity index (χ0v) is 11.3. The van der Waals surface area contributed by atoms with Gasteiger partial charge in [-0.05, 0) is 56.9 Å². The molecule has 0 spiro atoms. The third-order valence-electron chi connectivity index (χ3n) is 3.93. The Morgan fingerprint density at radius 2 is 1.89 bits per heavy atom. The van der Waals surface area contributed by atoms with Gasteiger partial charge in [-0.2, -0.15) is 0 Å². The van der Waals surface area contributed by atoms with Gasteiger partial charge in [-0.25, -0.2) is 4.39 Å². The van der Waals surface area contributed by atoms with E-state index in [1.165, 1.54) is 0 Å². The Hall–Kier alpha value is -0.930. The maximum atomic E-state index is 14.5. The summed E-state index contributed by atoms with van der Waals surface area (Å²) in [6.07, 6.45) is 1.04. The van der Waals surface area contributed by atoms with Crippen molar-refractivity contribution in [3.8, 4) is 0 Å². The van der Waals surface area contributed by atoms with Crippen LogP contribution in [0.2, 0.25) is 0 Å². The molecule has 3 heteroatoms. The minimum Gasteiger partial charge on any atom is -0.324 e. The van der Waals surface area contributed by atoms with Gasteiger partial charge in [-0.15, -0.1) is 0 Å². The number of benzene rings is 1. The molecule has 100 valence electrons. The Morgan fingerprint density at radius 3 is 2.50 bits per heavy atom. The average molecular weight is 250 g/mol. The van der Waals surface area contributed by atoms with E-state index < -0.39 is 6.17 Å². The van der Waals surface area contributed by atoms with E-state index in [0.29, 0.717) is 0 Å². The van der Waals surface area contributed by atoms with E-state index in [4.69, 9.17) is 5.73 Å². The van der Waals surface area contributed by atoms with Gasteiger partial charge in [0.25, 0.3) is 0 Å². The van der Waals surface area contributed by atoms with Crippen molar-refractivity contribution in [2.75, 3.05) is 20.1 Å². The van der Waals surface area contributed by atoms with E-state index in [1.54, 1.807) is 0 Å². The molecule has 2 unspecified atom stereocenters. The molecule has 18 heavy (non-hydrogen) atoms. The largest absolute Gasteiger partial charge is 0.324 e. The van der Waals surface area contributed by atoms with E-state index >= 15 is 0 Å². The van der Waals surface area contributed by atoms with Gasteiger partial charge in [0.15, 0.2) is 0 Å². The zero-order chi connectivity index (χ0) is 13.1. The number of hydrogen-bond donors (Lipinski definition) is 1. The average Bonchev–Trinajstić information content (AvgIpc) is 2.39. The second-order valence-electron chi connectivity index (χ2n) is 5.50. The van der Waals surface area contributed by atoms with Gasteiger partial charge >= 0.3 is 0 Å². The van der Waals surface area contributed by atoms with Crippen molar-refractivity contribution in [2.45, 2.75) is 32.0 Å². The highest BCUT2D eigenvalue weighted by Crippen LogP contribution is 2.34. The van der Waals surface area contributed by atoms with Gasteiger partial charge in [0.05, 0.1) is 0 Å². The second kappa shape index (κ2) is 5.81. The lowest BCUT2D eigenvalue weighted by Crippen LogP contribution is -2.31. The zero-order valence-electron chi connectivity index (χ0n) is 11.3. The van der Waals surface area contributed by atoms with Gasteiger partial charge in [-0.1, -0.05) is 24.3 Å². The number of rotatable bonds is 3. The van der Waals surface area contributed by atoms with Crippen LogP contribution in [-0.4, -0.2) is 25.0 Å². The molecule has 1 aromatic rings. The van der Waals surface area contributed by atoms with Gasteiger partial charge in [0.1, 0.15) is 6.17 Å². The molecule has 1 aliphatic heterocycles. The topological polar surface area (TPSA) is 29.3 Å². The van der Waals surface area contributed by atoms with Gasteiger partial charge in [0.2, 0.25) is 0 Å². The van der Waals surface area contributed by atoms with Crippen molar-refractivity contribution < 1.29 is 4.39 Å². The number of alkyl halides is 1. The molecule has 1 aromatic carbocycles. The van der Waals surface area contributed by atoms with Crippen molar-refractivity contribution in [3.63, 3.8) is 0 Å². The monoisotopic (exact) mass is 250 g/mol. The Kier molecular flexibility index (Phi) is 4.36. The highest BCUT2D eigenvalue weighted by Gasteiger charge is 2.26. The summed E-state index contributed by atoms with van der Waals surface area (Å²) >= 11 is 0. The summed E-state index contributed by atoms with van der Waals surface area (Å²) in [5.74, 6) is 0.157. The van der Waals surface area contributed by atoms with E-state index in [2.05, 4.69) is 11.9 Å². The molecule has 2 rings (SSSR count). The van der Waals surface area contributed by atoms with Crippen LogP contribution < -0.4 is 5.73 Å². The van der Waals surface area contributed by atoms with Gasteiger partial charge < -0.3 is 10.6 Å². The van der Waals surface area contributed by atoms with Crippen LogP contribution >= 0.6 is 0 Å². The van der Waals surface area contributed by atoms with Crippen molar-refractivity contribution in [3.05, 3.63) is 35.4 Å². The number of hydrogen-bond acceptors (Lipinski definition) is 2. The van der Waals surface area contributed by atoms with Crippen LogP contribution in [-0.2, 0) is 0 Å². The fraction of sp³-hybridized carbons (Fsp3) is 0.600. The molecular weight excluding hydrogens is 227 g/mol. The predicted octanol–water partition coefficient (Wildman–Crippen LogP) is 3.06. The lowest BCUT2D eigenvalue weighted by molar-refractivity contribution is 0.137. The van der Waals surface area contributed by atoms with Crippen molar-refractivity contribution in [1.82, 2.24) is 4.90 Å². The Balaban J connectivity index is 2.08. The molecule has 0 bridgehead atoms.